The number of nitrogens with one attached hydrogen (secondary N) is 1. The van der Waals surface area contributed by atoms with Crippen LogP contribution >= 0.6 is 22.9 Å². The minimum Gasteiger partial charge on any atom is -0.308 e. The second-order valence-corrected chi connectivity index (χ2v) is 9.38. The molecule has 31 heavy (non-hydrogen) atoms. The Morgan fingerprint density at radius 1 is 1.32 bits per heavy atom. The summed E-state index contributed by atoms with van der Waals surface area (Å²) < 4.78 is 6.48. The average molecular weight is 456 g/mol. The lowest BCUT2D eigenvalue weighted by Crippen LogP contribution is -2.34. The second-order valence-electron chi connectivity index (χ2n) is 7.89. The lowest BCUT2D eigenvalue weighted by Gasteiger charge is -2.23. The molecule has 0 saturated carbocycles. The summed E-state index contributed by atoms with van der Waals surface area (Å²) in [5.74, 6) is 0. The van der Waals surface area contributed by atoms with Gasteiger partial charge >= 0.3 is 0 Å². The maximum atomic E-state index is 13.2. The van der Waals surface area contributed by atoms with Crippen LogP contribution in [0.4, 0.5) is 0 Å². The Balaban J connectivity index is 1.34. The third kappa shape index (κ3) is 4.03. The van der Waals surface area contributed by atoms with Gasteiger partial charge in [-0.15, -0.1) is 11.3 Å². The summed E-state index contributed by atoms with van der Waals surface area (Å²) in [7, 11) is 0. The molecule has 7 nitrogen and oxygen atoms in total. The normalized spacial score (nSPS) is 16.0. The van der Waals surface area contributed by atoms with Crippen molar-refractivity contribution in [3.05, 3.63) is 73.4 Å². The number of benzene rings is 1. The molecule has 0 unspecified atom stereocenters. The number of hydrogen-bond acceptors (Lipinski definition) is 7. The van der Waals surface area contributed by atoms with Gasteiger partial charge < -0.3 is 5.32 Å². The number of hydrogen-bond donors (Lipinski definition) is 1. The number of aryl methyl sites for hydroxylation is 4. The first-order valence-corrected chi connectivity index (χ1v) is 11.5. The van der Waals surface area contributed by atoms with Crippen LogP contribution in [-0.2, 0) is 32.4 Å². The van der Waals surface area contributed by atoms with Crippen LogP contribution in [0.25, 0.3) is 10.2 Å². The Kier molecular flexibility index (Phi) is 5.60. The molecule has 0 spiro atoms. The van der Waals surface area contributed by atoms with Gasteiger partial charge in [0.2, 0.25) is 0 Å². The molecular formula is C22H22ClN5O2S. The predicted molar refractivity (Wildman–Crippen MR) is 121 cm³/mol. The highest BCUT2D eigenvalue weighted by Crippen LogP contribution is 2.33. The minimum absolute atomic E-state index is 0.0465. The summed E-state index contributed by atoms with van der Waals surface area (Å²) in [6, 6.07) is 8.08. The molecule has 5 rings (SSSR count). The Morgan fingerprint density at radius 2 is 2.19 bits per heavy atom. The maximum absolute atomic E-state index is 13.2. The van der Waals surface area contributed by atoms with Gasteiger partial charge in [-0.25, -0.2) is 9.61 Å². The minimum atomic E-state index is 0.0465. The Bertz CT molecular complexity index is 1290. The Hall–Kier alpha value is -2.55. The molecule has 3 heterocycles. The zero-order valence-electron chi connectivity index (χ0n) is 17.1. The van der Waals surface area contributed by atoms with E-state index in [2.05, 4.69) is 20.6 Å². The monoisotopic (exact) mass is 455 g/mol. The molecule has 0 saturated heterocycles. The van der Waals surface area contributed by atoms with E-state index in [-0.39, 0.29) is 5.56 Å². The van der Waals surface area contributed by atoms with Crippen LogP contribution in [0.15, 0.2) is 40.0 Å². The molecule has 160 valence electrons. The van der Waals surface area contributed by atoms with Crippen LogP contribution in [0.1, 0.15) is 33.8 Å². The molecule has 1 aliphatic carbocycles. The first kappa shape index (κ1) is 20.4. The van der Waals surface area contributed by atoms with E-state index in [4.69, 9.17) is 16.2 Å². The number of rotatable bonds is 6. The van der Waals surface area contributed by atoms with Gasteiger partial charge in [0.25, 0.3) is 5.56 Å². The lowest BCUT2D eigenvalue weighted by atomic mass is 9.93. The van der Waals surface area contributed by atoms with E-state index in [1.807, 2.05) is 31.2 Å². The summed E-state index contributed by atoms with van der Waals surface area (Å²) in [5, 5.41) is 12.8. The molecular weight excluding hydrogens is 434 g/mol. The number of aromatic nitrogens is 4. The third-order valence-corrected chi connectivity index (χ3v) is 7.45. The van der Waals surface area contributed by atoms with E-state index in [9.17, 15) is 4.79 Å². The largest absolute Gasteiger partial charge is 0.308 e. The van der Waals surface area contributed by atoms with Crippen LogP contribution in [0.2, 0.25) is 5.02 Å². The summed E-state index contributed by atoms with van der Waals surface area (Å²) in [4.78, 5) is 19.9. The van der Waals surface area contributed by atoms with Crippen molar-refractivity contribution in [1.82, 2.24) is 25.2 Å². The van der Waals surface area contributed by atoms with Crippen molar-refractivity contribution in [2.24, 2.45) is 0 Å². The fraction of sp³-hybridized carbons (Fsp3) is 0.364. The van der Waals surface area contributed by atoms with Gasteiger partial charge in [0.1, 0.15) is 16.2 Å². The molecule has 0 fully saturated rings. The lowest BCUT2D eigenvalue weighted by molar-refractivity contribution is 0.299. The van der Waals surface area contributed by atoms with Gasteiger partial charge in [-0.05, 0) is 49.8 Å². The van der Waals surface area contributed by atoms with Gasteiger partial charge in [-0.2, -0.15) is 0 Å². The van der Waals surface area contributed by atoms with Crippen LogP contribution in [0, 0.1) is 6.92 Å². The van der Waals surface area contributed by atoms with E-state index >= 15 is 0 Å². The fourth-order valence-electron chi connectivity index (χ4n) is 4.13. The second kappa shape index (κ2) is 8.53. The highest BCUT2D eigenvalue weighted by Gasteiger charge is 2.25. The van der Waals surface area contributed by atoms with E-state index in [0.29, 0.717) is 25.6 Å². The molecule has 0 aliphatic heterocycles. The highest BCUT2D eigenvalue weighted by atomic mass is 35.5. The Morgan fingerprint density at radius 3 is 3.00 bits per heavy atom. The molecule has 0 amide bonds. The SMILES string of the molecule is Cc1nonc1CN[C@@H]1CCc2c(sc3ncn(CCc4ccccc4Cl)c(=O)c23)C1. The van der Waals surface area contributed by atoms with E-state index in [1.165, 1.54) is 10.4 Å². The Labute approximate surface area is 188 Å². The zero-order valence-corrected chi connectivity index (χ0v) is 18.7. The molecule has 9 heteroatoms. The number of nitrogens with zero attached hydrogens (tertiary/aromatic N) is 4. The number of halogens is 1. The van der Waals surface area contributed by atoms with Gasteiger partial charge in [-0.3, -0.25) is 9.36 Å². The van der Waals surface area contributed by atoms with Crippen molar-refractivity contribution in [3.8, 4) is 0 Å². The van der Waals surface area contributed by atoms with Gasteiger partial charge in [-0.1, -0.05) is 40.1 Å². The fourth-order valence-corrected chi connectivity index (χ4v) is 5.62. The first-order valence-electron chi connectivity index (χ1n) is 10.3. The molecule has 4 aromatic rings. The molecule has 3 aromatic heterocycles. The molecule has 1 aliphatic rings. The van der Waals surface area contributed by atoms with E-state index in [0.717, 1.165) is 51.5 Å². The first-order chi connectivity index (χ1) is 15.1. The molecule has 1 atom stereocenters. The predicted octanol–water partition coefficient (Wildman–Crippen LogP) is 3.69. The van der Waals surface area contributed by atoms with Crippen molar-refractivity contribution in [3.63, 3.8) is 0 Å². The topological polar surface area (TPSA) is 85.8 Å². The van der Waals surface area contributed by atoms with Gasteiger partial charge in [0, 0.05) is 29.0 Å². The summed E-state index contributed by atoms with van der Waals surface area (Å²) >= 11 is 7.90. The van der Waals surface area contributed by atoms with Gasteiger partial charge in [0.15, 0.2) is 0 Å². The van der Waals surface area contributed by atoms with E-state index < -0.39 is 0 Å². The van der Waals surface area contributed by atoms with Crippen LogP contribution in [0.3, 0.4) is 0 Å². The van der Waals surface area contributed by atoms with Crippen molar-refractivity contribution >= 4 is 33.2 Å². The van der Waals surface area contributed by atoms with E-state index in [1.54, 1.807) is 22.2 Å². The van der Waals surface area contributed by atoms with Crippen LogP contribution < -0.4 is 10.9 Å². The molecule has 0 bridgehead atoms. The van der Waals surface area contributed by atoms with Crippen molar-refractivity contribution < 1.29 is 4.63 Å². The number of fused-ring (bicyclic) bond motifs is 3. The zero-order chi connectivity index (χ0) is 21.4. The molecule has 0 radical (unpaired) electrons. The maximum Gasteiger partial charge on any atom is 0.262 e. The highest BCUT2D eigenvalue weighted by molar-refractivity contribution is 7.18. The van der Waals surface area contributed by atoms with Crippen molar-refractivity contribution in [2.75, 3.05) is 0 Å². The van der Waals surface area contributed by atoms with Gasteiger partial charge in [0.05, 0.1) is 11.7 Å². The molecule has 1 N–H and O–H groups in total. The average Bonchev–Trinajstić information content (AvgIpc) is 3.35. The van der Waals surface area contributed by atoms with Crippen molar-refractivity contribution in [2.45, 2.75) is 51.7 Å². The summed E-state index contributed by atoms with van der Waals surface area (Å²) in [5.41, 5.74) is 3.90. The van der Waals surface area contributed by atoms with Crippen LogP contribution in [0.5, 0.6) is 0 Å². The third-order valence-electron chi connectivity index (χ3n) is 5.92. The quantitative estimate of drug-likeness (QED) is 0.477. The number of thiophene rings is 1. The summed E-state index contributed by atoms with van der Waals surface area (Å²) in [6.07, 6.45) is 5.09. The van der Waals surface area contributed by atoms with Crippen LogP contribution in [-0.4, -0.2) is 25.9 Å². The molecule has 1 aromatic carbocycles. The van der Waals surface area contributed by atoms with Crippen molar-refractivity contribution in [1.29, 1.82) is 0 Å². The summed E-state index contributed by atoms with van der Waals surface area (Å²) in [6.45, 7) is 3.08. The standard InChI is InChI=1S/C22H22ClN5O2S/c1-13-18(27-30-26-13)11-24-15-6-7-16-19(10-15)31-21-20(16)22(29)28(12-25-21)9-8-14-4-2-3-5-17(14)23/h2-5,12,15,24H,6-11H2,1H3/t15-/m1/s1. The smallest absolute Gasteiger partial charge is 0.262 e.